The summed E-state index contributed by atoms with van der Waals surface area (Å²) in [5.41, 5.74) is 6.44. The number of nitrogens with zero attached hydrogens (tertiary/aromatic N) is 5. The van der Waals surface area contributed by atoms with Crippen LogP contribution < -0.4 is 5.56 Å². The lowest BCUT2D eigenvalue weighted by atomic mass is 9.98. The van der Waals surface area contributed by atoms with Crippen molar-refractivity contribution in [3.05, 3.63) is 75.7 Å². The third-order valence-electron chi connectivity index (χ3n) is 5.91. The van der Waals surface area contributed by atoms with Crippen molar-refractivity contribution in [2.24, 2.45) is 0 Å². The van der Waals surface area contributed by atoms with E-state index in [1.54, 1.807) is 0 Å². The van der Waals surface area contributed by atoms with Crippen LogP contribution in [-0.2, 0) is 19.5 Å². The highest BCUT2D eigenvalue weighted by molar-refractivity contribution is 5.80. The molecular formula is C25H30N6O. The minimum Gasteiger partial charge on any atom is -0.282 e. The van der Waals surface area contributed by atoms with Crippen molar-refractivity contribution < 1.29 is 0 Å². The second kappa shape index (κ2) is 9.77. The van der Waals surface area contributed by atoms with Crippen molar-refractivity contribution >= 4 is 0 Å². The van der Waals surface area contributed by atoms with E-state index in [1.807, 2.05) is 29.8 Å². The molecule has 0 aliphatic heterocycles. The van der Waals surface area contributed by atoms with E-state index in [0.717, 1.165) is 60.2 Å². The minimum absolute atomic E-state index is 0.146. The summed E-state index contributed by atoms with van der Waals surface area (Å²) < 4.78 is 4.13. The average Bonchev–Trinajstić information content (AvgIpc) is 3.43. The molecular weight excluding hydrogens is 400 g/mol. The van der Waals surface area contributed by atoms with Gasteiger partial charge in [0, 0.05) is 23.4 Å². The fourth-order valence-electron chi connectivity index (χ4n) is 4.20. The number of tetrazole rings is 1. The Kier molecular flexibility index (Phi) is 6.63. The average molecular weight is 431 g/mol. The van der Waals surface area contributed by atoms with Gasteiger partial charge in [0.05, 0.1) is 6.54 Å². The van der Waals surface area contributed by atoms with Gasteiger partial charge in [0.2, 0.25) is 5.82 Å². The molecule has 0 aliphatic carbocycles. The first-order valence-corrected chi connectivity index (χ1v) is 11.3. The molecule has 1 N–H and O–H groups in total. The lowest BCUT2D eigenvalue weighted by Crippen LogP contribution is -2.24. The normalized spacial score (nSPS) is 11.2. The van der Waals surface area contributed by atoms with Crippen LogP contribution in [0.2, 0.25) is 0 Å². The number of unbranched alkanes of at least 4 members (excludes halogenated alkanes) is 1. The van der Waals surface area contributed by atoms with Gasteiger partial charge in [0.25, 0.3) is 5.56 Å². The molecule has 0 aliphatic rings. The number of aromatic nitrogens is 6. The number of aromatic amines is 1. The summed E-state index contributed by atoms with van der Waals surface area (Å²) in [6.45, 7) is 7.73. The summed E-state index contributed by atoms with van der Waals surface area (Å²) in [7, 11) is 0. The van der Waals surface area contributed by atoms with Crippen LogP contribution in [0.25, 0.3) is 22.5 Å². The zero-order valence-electron chi connectivity index (χ0n) is 19.0. The molecule has 0 fully saturated rings. The number of hydrogen-bond acceptors (Lipinski definition) is 4. The van der Waals surface area contributed by atoms with E-state index in [1.165, 1.54) is 5.56 Å². The van der Waals surface area contributed by atoms with Gasteiger partial charge in [-0.3, -0.25) is 9.48 Å². The lowest BCUT2D eigenvalue weighted by Gasteiger charge is -2.16. The van der Waals surface area contributed by atoms with Gasteiger partial charge in [-0.15, -0.1) is 10.2 Å². The Morgan fingerprint density at radius 1 is 0.938 bits per heavy atom. The summed E-state index contributed by atoms with van der Waals surface area (Å²) in [4.78, 5) is 12.9. The predicted octanol–water partition coefficient (Wildman–Crippen LogP) is 4.61. The van der Waals surface area contributed by atoms with Crippen molar-refractivity contribution in [1.29, 1.82) is 0 Å². The second-order valence-corrected chi connectivity index (χ2v) is 8.14. The van der Waals surface area contributed by atoms with Crippen LogP contribution in [0.4, 0.5) is 0 Å². The molecule has 0 amide bonds. The van der Waals surface area contributed by atoms with Crippen molar-refractivity contribution in [3.63, 3.8) is 0 Å². The second-order valence-electron chi connectivity index (χ2n) is 8.14. The Balaban J connectivity index is 1.66. The highest BCUT2D eigenvalue weighted by Crippen LogP contribution is 2.29. The number of nitrogens with one attached hydrogen (secondary N) is 1. The van der Waals surface area contributed by atoms with Gasteiger partial charge in [-0.1, -0.05) is 75.2 Å². The SMILES string of the molecule is CCCCn1c(=O)c(C)c(CCC)n1Cc1ccc(-c2ccccc2-c2nn[nH]n2)cc1. The zero-order chi connectivity index (χ0) is 22.5. The van der Waals surface area contributed by atoms with Crippen LogP contribution in [0, 0.1) is 6.92 Å². The van der Waals surface area contributed by atoms with Crippen LogP contribution >= 0.6 is 0 Å². The van der Waals surface area contributed by atoms with E-state index < -0.39 is 0 Å². The van der Waals surface area contributed by atoms with E-state index in [9.17, 15) is 4.79 Å². The smallest absolute Gasteiger partial charge is 0.269 e. The molecule has 0 saturated heterocycles. The first-order valence-electron chi connectivity index (χ1n) is 11.3. The van der Waals surface area contributed by atoms with Crippen LogP contribution in [-0.4, -0.2) is 30.0 Å². The molecule has 4 rings (SSSR count). The minimum atomic E-state index is 0.146. The highest BCUT2D eigenvalue weighted by atomic mass is 16.1. The molecule has 166 valence electrons. The molecule has 0 radical (unpaired) electrons. The van der Waals surface area contributed by atoms with Crippen LogP contribution in [0.15, 0.2) is 53.3 Å². The van der Waals surface area contributed by atoms with Crippen molar-refractivity contribution in [2.75, 3.05) is 0 Å². The number of benzene rings is 2. The molecule has 0 spiro atoms. The Morgan fingerprint density at radius 3 is 2.34 bits per heavy atom. The van der Waals surface area contributed by atoms with Gasteiger partial charge >= 0.3 is 0 Å². The summed E-state index contributed by atoms with van der Waals surface area (Å²) >= 11 is 0. The van der Waals surface area contributed by atoms with Crippen LogP contribution in [0.5, 0.6) is 0 Å². The Labute approximate surface area is 188 Å². The van der Waals surface area contributed by atoms with E-state index in [2.05, 4.69) is 69.5 Å². The molecule has 0 saturated carbocycles. The molecule has 0 unspecified atom stereocenters. The first kappa shape index (κ1) is 21.7. The van der Waals surface area contributed by atoms with Gasteiger partial charge < -0.3 is 0 Å². The Hall–Kier alpha value is -3.48. The first-order chi connectivity index (χ1) is 15.6. The predicted molar refractivity (Wildman–Crippen MR) is 126 cm³/mol. The molecule has 7 nitrogen and oxygen atoms in total. The zero-order valence-corrected chi connectivity index (χ0v) is 19.0. The third-order valence-corrected chi connectivity index (χ3v) is 5.91. The molecule has 0 bridgehead atoms. The highest BCUT2D eigenvalue weighted by Gasteiger charge is 2.16. The standard InChI is InChI=1S/C25H30N6O/c1-4-6-16-30-25(32)18(3)23(9-5-2)31(30)17-19-12-14-20(15-13-19)21-10-7-8-11-22(21)24-26-28-29-27-24/h7-8,10-15H,4-6,9,16-17H2,1-3H3,(H,26,27,28,29). The molecule has 2 aromatic heterocycles. The maximum Gasteiger partial charge on any atom is 0.269 e. The number of hydrogen-bond donors (Lipinski definition) is 1. The third kappa shape index (κ3) is 4.28. The fourth-order valence-corrected chi connectivity index (χ4v) is 4.20. The molecule has 4 aromatic rings. The van der Waals surface area contributed by atoms with Gasteiger partial charge in [-0.25, -0.2) is 4.68 Å². The van der Waals surface area contributed by atoms with E-state index >= 15 is 0 Å². The topological polar surface area (TPSA) is 81.4 Å². The summed E-state index contributed by atoms with van der Waals surface area (Å²) in [5.74, 6) is 0.580. The lowest BCUT2D eigenvalue weighted by molar-refractivity contribution is 0.439. The largest absolute Gasteiger partial charge is 0.282 e. The quantitative estimate of drug-likeness (QED) is 0.421. The van der Waals surface area contributed by atoms with Crippen molar-refractivity contribution in [2.45, 2.75) is 59.5 Å². The van der Waals surface area contributed by atoms with E-state index in [-0.39, 0.29) is 5.56 Å². The summed E-state index contributed by atoms with van der Waals surface area (Å²) in [6.07, 6.45) is 4.00. The fraction of sp³-hybridized carbons (Fsp3) is 0.360. The molecule has 0 atom stereocenters. The maximum absolute atomic E-state index is 12.9. The van der Waals surface area contributed by atoms with Crippen LogP contribution in [0.3, 0.4) is 0 Å². The monoisotopic (exact) mass is 430 g/mol. The maximum atomic E-state index is 12.9. The Bertz CT molecular complexity index is 1220. The molecule has 2 heterocycles. The summed E-state index contributed by atoms with van der Waals surface area (Å²) in [6, 6.07) is 16.6. The Morgan fingerprint density at radius 2 is 1.69 bits per heavy atom. The van der Waals surface area contributed by atoms with E-state index in [4.69, 9.17) is 0 Å². The van der Waals surface area contributed by atoms with Crippen LogP contribution in [0.1, 0.15) is 49.9 Å². The van der Waals surface area contributed by atoms with Gasteiger partial charge in [-0.2, -0.15) is 5.21 Å². The van der Waals surface area contributed by atoms with Crippen molar-refractivity contribution in [1.82, 2.24) is 30.0 Å². The molecule has 7 heteroatoms. The molecule has 2 aromatic carbocycles. The molecule has 32 heavy (non-hydrogen) atoms. The number of rotatable bonds is 9. The van der Waals surface area contributed by atoms with Gasteiger partial charge in [0.1, 0.15) is 0 Å². The van der Waals surface area contributed by atoms with Gasteiger partial charge in [-0.05, 0) is 41.7 Å². The van der Waals surface area contributed by atoms with Gasteiger partial charge in [0.15, 0.2) is 0 Å². The summed E-state index contributed by atoms with van der Waals surface area (Å²) in [5, 5.41) is 14.5. The van der Waals surface area contributed by atoms with Crippen molar-refractivity contribution in [3.8, 4) is 22.5 Å². The van der Waals surface area contributed by atoms with E-state index in [0.29, 0.717) is 12.4 Å². The number of H-pyrrole nitrogens is 1.